The first-order chi connectivity index (χ1) is 13.2. The van der Waals surface area contributed by atoms with Crippen LogP contribution in [0.3, 0.4) is 0 Å². The number of ether oxygens (including phenoxy) is 2. The predicted octanol–water partition coefficient (Wildman–Crippen LogP) is 6.10. The average molecular weight is 371 g/mol. The third-order valence-electron chi connectivity index (χ3n) is 4.65. The molecule has 1 N–H and O–H groups in total. The predicted molar refractivity (Wildman–Crippen MR) is 112 cm³/mol. The Labute approximate surface area is 164 Å². The second kappa shape index (κ2) is 12.4. The first kappa shape index (κ1) is 21.3. The molecule has 0 bridgehead atoms. The number of benzene rings is 2. The Kier molecular flexibility index (Phi) is 9.78. The summed E-state index contributed by atoms with van der Waals surface area (Å²) in [6.45, 7) is 5.68. The van der Waals surface area contributed by atoms with Gasteiger partial charge in [0.25, 0.3) is 0 Å². The molecule has 0 saturated carbocycles. The molecule has 3 nitrogen and oxygen atoms in total. The fourth-order valence-corrected chi connectivity index (χ4v) is 2.85. The Morgan fingerprint density at radius 3 is 1.81 bits per heavy atom. The van der Waals surface area contributed by atoms with Gasteiger partial charge in [0.1, 0.15) is 11.5 Å². The molecule has 0 fully saturated rings. The molecule has 0 spiro atoms. The van der Waals surface area contributed by atoms with E-state index in [0.717, 1.165) is 35.7 Å². The van der Waals surface area contributed by atoms with Crippen LogP contribution in [0.15, 0.2) is 48.5 Å². The van der Waals surface area contributed by atoms with Gasteiger partial charge in [0.2, 0.25) is 0 Å². The average Bonchev–Trinajstić information content (AvgIpc) is 2.72. The molecule has 3 heteroatoms. The Balaban J connectivity index is 1.75. The fraction of sp³-hybridized carbons (Fsp3) is 0.500. The van der Waals surface area contributed by atoms with Crippen LogP contribution in [0, 0.1) is 5.92 Å². The number of aliphatic hydroxyl groups is 1. The monoisotopic (exact) mass is 370 g/mol. The van der Waals surface area contributed by atoms with Crippen LogP contribution in [0.1, 0.15) is 52.4 Å². The van der Waals surface area contributed by atoms with E-state index in [-0.39, 0.29) is 12.5 Å². The van der Waals surface area contributed by atoms with E-state index in [1.807, 2.05) is 31.2 Å². The minimum atomic E-state index is 0.144. The zero-order valence-electron chi connectivity index (χ0n) is 16.8. The molecule has 2 rings (SSSR count). The van der Waals surface area contributed by atoms with Gasteiger partial charge in [-0.05, 0) is 41.8 Å². The maximum absolute atomic E-state index is 9.05. The summed E-state index contributed by atoms with van der Waals surface area (Å²) in [7, 11) is 0. The summed E-state index contributed by atoms with van der Waals surface area (Å²) in [5.41, 5.74) is 2.32. The van der Waals surface area contributed by atoms with E-state index < -0.39 is 0 Å². The Morgan fingerprint density at radius 1 is 0.741 bits per heavy atom. The molecule has 1 atom stereocenters. The highest BCUT2D eigenvalue weighted by Crippen LogP contribution is 2.25. The van der Waals surface area contributed by atoms with Crippen LogP contribution in [0.5, 0.6) is 11.5 Å². The zero-order chi connectivity index (χ0) is 19.3. The van der Waals surface area contributed by atoms with Crippen molar-refractivity contribution in [3.05, 3.63) is 48.5 Å². The van der Waals surface area contributed by atoms with E-state index in [2.05, 4.69) is 31.2 Å². The van der Waals surface area contributed by atoms with E-state index in [4.69, 9.17) is 14.6 Å². The van der Waals surface area contributed by atoms with Gasteiger partial charge in [-0.2, -0.15) is 0 Å². The third kappa shape index (κ3) is 8.04. The van der Waals surface area contributed by atoms with E-state index in [9.17, 15) is 0 Å². The lowest BCUT2D eigenvalue weighted by Gasteiger charge is -2.11. The van der Waals surface area contributed by atoms with Gasteiger partial charge in [-0.1, -0.05) is 70.2 Å². The second-order valence-electron chi connectivity index (χ2n) is 7.26. The van der Waals surface area contributed by atoms with Gasteiger partial charge >= 0.3 is 0 Å². The molecule has 2 aromatic rings. The minimum Gasteiger partial charge on any atom is -0.494 e. The Bertz CT molecular complexity index is 619. The number of aliphatic hydroxyl groups excluding tert-OH is 1. The molecule has 0 aliphatic heterocycles. The smallest absolute Gasteiger partial charge is 0.119 e. The highest BCUT2D eigenvalue weighted by Gasteiger charge is 2.03. The normalized spacial score (nSPS) is 12.0. The van der Waals surface area contributed by atoms with Crippen molar-refractivity contribution < 1.29 is 14.6 Å². The van der Waals surface area contributed by atoms with Crippen molar-refractivity contribution in [3.8, 4) is 22.6 Å². The lowest BCUT2D eigenvalue weighted by molar-refractivity contribution is 0.174. The van der Waals surface area contributed by atoms with Crippen LogP contribution in [0.25, 0.3) is 11.1 Å². The summed E-state index contributed by atoms with van der Waals surface area (Å²) in [6.07, 6.45) is 7.67. The Hall–Kier alpha value is -2.00. The number of hydrogen-bond acceptors (Lipinski definition) is 3. The largest absolute Gasteiger partial charge is 0.494 e. The third-order valence-corrected chi connectivity index (χ3v) is 4.65. The van der Waals surface area contributed by atoms with Crippen molar-refractivity contribution in [2.75, 3.05) is 19.8 Å². The number of unbranched alkanes of at least 4 members (excludes halogenated alkanes) is 5. The van der Waals surface area contributed by atoms with Gasteiger partial charge in [-0.15, -0.1) is 0 Å². The van der Waals surface area contributed by atoms with Gasteiger partial charge < -0.3 is 14.6 Å². The molecule has 0 aromatic heterocycles. The SMILES string of the molecule is CCCCCCCCOc1ccc(-c2ccc(OCC(C)CO)cc2)cc1. The molecular weight excluding hydrogens is 336 g/mol. The maximum Gasteiger partial charge on any atom is 0.119 e. The molecular formula is C24H34O3. The molecule has 2 aromatic carbocycles. The van der Waals surface area contributed by atoms with Crippen molar-refractivity contribution >= 4 is 0 Å². The molecule has 0 aliphatic rings. The second-order valence-corrected chi connectivity index (χ2v) is 7.26. The van der Waals surface area contributed by atoms with Crippen LogP contribution >= 0.6 is 0 Å². The molecule has 0 amide bonds. The van der Waals surface area contributed by atoms with Crippen LogP contribution in [-0.2, 0) is 0 Å². The number of rotatable bonds is 13. The summed E-state index contributed by atoms with van der Waals surface area (Å²) < 4.78 is 11.5. The maximum atomic E-state index is 9.05. The topological polar surface area (TPSA) is 38.7 Å². The summed E-state index contributed by atoms with van der Waals surface area (Å²) in [6, 6.07) is 16.3. The van der Waals surface area contributed by atoms with Gasteiger partial charge in [-0.3, -0.25) is 0 Å². The van der Waals surface area contributed by atoms with E-state index in [0.29, 0.717) is 6.61 Å². The zero-order valence-corrected chi connectivity index (χ0v) is 16.8. The highest BCUT2D eigenvalue weighted by atomic mass is 16.5. The molecule has 0 saturated heterocycles. The first-order valence-electron chi connectivity index (χ1n) is 10.3. The van der Waals surface area contributed by atoms with Gasteiger partial charge in [0.15, 0.2) is 0 Å². The van der Waals surface area contributed by atoms with Crippen molar-refractivity contribution in [1.82, 2.24) is 0 Å². The lowest BCUT2D eigenvalue weighted by Crippen LogP contribution is -2.11. The fourth-order valence-electron chi connectivity index (χ4n) is 2.85. The Morgan fingerprint density at radius 2 is 1.26 bits per heavy atom. The van der Waals surface area contributed by atoms with Gasteiger partial charge in [0.05, 0.1) is 13.2 Å². The van der Waals surface area contributed by atoms with Gasteiger partial charge in [0, 0.05) is 12.5 Å². The minimum absolute atomic E-state index is 0.144. The van der Waals surface area contributed by atoms with E-state index in [1.165, 1.54) is 32.1 Å². The van der Waals surface area contributed by atoms with Crippen molar-refractivity contribution in [1.29, 1.82) is 0 Å². The quantitative estimate of drug-likeness (QED) is 0.433. The van der Waals surface area contributed by atoms with Gasteiger partial charge in [-0.25, -0.2) is 0 Å². The molecule has 148 valence electrons. The number of hydrogen-bond donors (Lipinski definition) is 1. The summed E-state index contributed by atoms with van der Waals surface area (Å²) in [5, 5.41) is 9.05. The van der Waals surface area contributed by atoms with Crippen LogP contribution in [0.2, 0.25) is 0 Å². The summed E-state index contributed by atoms with van der Waals surface area (Å²) in [5.74, 6) is 1.91. The van der Waals surface area contributed by atoms with E-state index >= 15 is 0 Å². The van der Waals surface area contributed by atoms with Crippen molar-refractivity contribution in [3.63, 3.8) is 0 Å². The van der Waals surface area contributed by atoms with Crippen LogP contribution < -0.4 is 9.47 Å². The molecule has 0 heterocycles. The first-order valence-corrected chi connectivity index (χ1v) is 10.3. The molecule has 0 aliphatic carbocycles. The molecule has 1 unspecified atom stereocenters. The standard InChI is InChI=1S/C24H34O3/c1-3-4-5-6-7-8-17-26-23-13-9-21(10-14-23)22-11-15-24(16-12-22)27-19-20(2)18-25/h9-16,20,25H,3-8,17-19H2,1-2H3. The summed E-state index contributed by atoms with van der Waals surface area (Å²) in [4.78, 5) is 0. The highest BCUT2D eigenvalue weighted by molar-refractivity contribution is 5.64. The van der Waals surface area contributed by atoms with Crippen LogP contribution in [0.4, 0.5) is 0 Å². The summed E-state index contributed by atoms with van der Waals surface area (Å²) >= 11 is 0. The van der Waals surface area contributed by atoms with Crippen molar-refractivity contribution in [2.24, 2.45) is 5.92 Å². The van der Waals surface area contributed by atoms with E-state index in [1.54, 1.807) is 0 Å². The van der Waals surface area contributed by atoms with Crippen LogP contribution in [-0.4, -0.2) is 24.9 Å². The molecule has 27 heavy (non-hydrogen) atoms. The van der Waals surface area contributed by atoms with Crippen molar-refractivity contribution in [2.45, 2.75) is 52.4 Å². The lowest BCUT2D eigenvalue weighted by atomic mass is 10.1. The molecule has 0 radical (unpaired) electrons.